The molecule has 1 aromatic carbocycles. The summed E-state index contributed by atoms with van der Waals surface area (Å²) in [6.07, 6.45) is 0. The van der Waals surface area contributed by atoms with Gasteiger partial charge in [-0.05, 0) is 24.1 Å². The van der Waals surface area contributed by atoms with E-state index in [0.717, 1.165) is 16.5 Å². The highest BCUT2D eigenvalue weighted by molar-refractivity contribution is 6.34. The number of H-pyrrole nitrogens is 1. The van der Waals surface area contributed by atoms with Crippen molar-refractivity contribution in [1.82, 2.24) is 10.2 Å². The Kier molecular flexibility index (Phi) is 2.44. The molecule has 3 nitrogen and oxygen atoms in total. The molecular formula is C10H12ClN3. The fourth-order valence-corrected chi connectivity index (χ4v) is 1.84. The quantitative estimate of drug-likeness (QED) is 0.798. The fraction of sp³-hybridized carbons (Fsp3) is 0.300. The largest absolute Gasteiger partial charge is 0.330 e. The first-order valence-electron chi connectivity index (χ1n) is 4.56. The number of rotatable bonds is 2. The van der Waals surface area contributed by atoms with Crippen LogP contribution in [0.3, 0.4) is 0 Å². The topological polar surface area (TPSA) is 54.7 Å². The standard InChI is InChI=1S/C10H12ClN3/c1-6(5-12)7-3-2-4-8-9(7)10(11)14-13-8/h2-4,6H,5,12H2,1H3,(H,13,14). The molecule has 2 aromatic rings. The summed E-state index contributed by atoms with van der Waals surface area (Å²) in [6, 6.07) is 5.95. The van der Waals surface area contributed by atoms with Gasteiger partial charge in [-0.1, -0.05) is 30.7 Å². The highest BCUT2D eigenvalue weighted by Gasteiger charge is 2.12. The lowest BCUT2D eigenvalue weighted by molar-refractivity contribution is 0.781. The van der Waals surface area contributed by atoms with Crippen molar-refractivity contribution in [3.8, 4) is 0 Å². The molecule has 0 aliphatic heterocycles. The maximum Gasteiger partial charge on any atom is 0.132 e. The van der Waals surface area contributed by atoms with Gasteiger partial charge in [0.25, 0.3) is 0 Å². The second-order valence-electron chi connectivity index (χ2n) is 3.42. The first-order valence-corrected chi connectivity index (χ1v) is 4.94. The normalized spacial score (nSPS) is 13.4. The zero-order valence-electron chi connectivity index (χ0n) is 7.92. The van der Waals surface area contributed by atoms with Gasteiger partial charge in [0.05, 0.1) is 5.52 Å². The SMILES string of the molecule is CC(CN)c1cccc2n[nH]c(Cl)c12. The smallest absolute Gasteiger partial charge is 0.132 e. The number of nitrogens with two attached hydrogens (primary N) is 1. The number of aromatic amines is 1. The van der Waals surface area contributed by atoms with Crippen LogP contribution in [0.2, 0.25) is 5.15 Å². The molecule has 1 aromatic heterocycles. The summed E-state index contributed by atoms with van der Waals surface area (Å²) >= 11 is 6.02. The zero-order valence-corrected chi connectivity index (χ0v) is 8.67. The third-order valence-electron chi connectivity index (χ3n) is 2.45. The lowest BCUT2D eigenvalue weighted by Gasteiger charge is -2.09. The summed E-state index contributed by atoms with van der Waals surface area (Å²) < 4.78 is 0. The molecule has 0 aliphatic carbocycles. The van der Waals surface area contributed by atoms with Crippen LogP contribution in [0.25, 0.3) is 10.9 Å². The van der Waals surface area contributed by atoms with E-state index in [1.807, 2.05) is 18.2 Å². The summed E-state index contributed by atoms with van der Waals surface area (Å²) in [5, 5.41) is 8.45. The number of aromatic nitrogens is 2. The van der Waals surface area contributed by atoms with Crippen molar-refractivity contribution in [2.24, 2.45) is 5.73 Å². The molecule has 0 spiro atoms. The second-order valence-corrected chi connectivity index (χ2v) is 3.79. The van der Waals surface area contributed by atoms with Crippen LogP contribution in [0, 0.1) is 0 Å². The molecule has 74 valence electrons. The first kappa shape index (κ1) is 9.49. The summed E-state index contributed by atoms with van der Waals surface area (Å²) in [5.74, 6) is 0.300. The van der Waals surface area contributed by atoms with Gasteiger partial charge in [0.1, 0.15) is 5.15 Å². The highest BCUT2D eigenvalue weighted by Crippen LogP contribution is 2.28. The molecule has 0 radical (unpaired) electrons. The Morgan fingerprint density at radius 2 is 2.36 bits per heavy atom. The molecule has 0 fully saturated rings. The van der Waals surface area contributed by atoms with E-state index >= 15 is 0 Å². The van der Waals surface area contributed by atoms with E-state index < -0.39 is 0 Å². The van der Waals surface area contributed by atoms with E-state index in [2.05, 4.69) is 17.1 Å². The number of fused-ring (bicyclic) bond motifs is 1. The molecule has 0 aliphatic rings. The van der Waals surface area contributed by atoms with Crippen molar-refractivity contribution in [3.05, 3.63) is 28.9 Å². The van der Waals surface area contributed by atoms with Crippen molar-refractivity contribution in [1.29, 1.82) is 0 Å². The molecular weight excluding hydrogens is 198 g/mol. The molecule has 0 bridgehead atoms. The number of halogens is 1. The van der Waals surface area contributed by atoms with E-state index in [9.17, 15) is 0 Å². The van der Waals surface area contributed by atoms with Gasteiger partial charge in [-0.25, -0.2) is 0 Å². The number of benzene rings is 1. The molecule has 14 heavy (non-hydrogen) atoms. The maximum absolute atomic E-state index is 6.02. The molecule has 0 amide bonds. The molecule has 0 saturated heterocycles. The number of nitrogens with one attached hydrogen (secondary N) is 1. The van der Waals surface area contributed by atoms with Gasteiger partial charge in [-0.2, -0.15) is 5.10 Å². The van der Waals surface area contributed by atoms with Gasteiger partial charge in [0.15, 0.2) is 0 Å². The van der Waals surface area contributed by atoms with E-state index in [1.165, 1.54) is 0 Å². The number of hydrogen-bond acceptors (Lipinski definition) is 2. The highest BCUT2D eigenvalue weighted by atomic mass is 35.5. The summed E-state index contributed by atoms with van der Waals surface area (Å²) in [6.45, 7) is 2.69. The zero-order chi connectivity index (χ0) is 10.1. The van der Waals surface area contributed by atoms with Crippen LogP contribution >= 0.6 is 11.6 Å². The number of nitrogens with zero attached hydrogens (tertiary/aromatic N) is 1. The van der Waals surface area contributed by atoms with Gasteiger partial charge >= 0.3 is 0 Å². The Balaban J connectivity index is 2.69. The van der Waals surface area contributed by atoms with E-state index in [0.29, 0.717) is 17.6 Å². The van der Waals surface area contributed by atoms with Crippen molar-refractivity contribution in [3.63, 3.8) is 0 Å². The van der Waals surface area contributed by atoms with E-state index in [4.69, 9.17) is 17.3 Å². The van der Waals surface area contributed by atoms with Gasteiger partial charge in [-0.3, -0.25) is 5.10 Å². The van der Waals surface area contributed by atoms with Crippen molar-refractivity contribution in [2.45, 2.75) is 12.8 Å². The van der Waals surface area contributed by atoms with Crippen LogP contribution in [0.1, 0.15) is 18.4 Å². The number of hydrogen-bond donors (Lipinski definition) is 2. The van der Waals surface area contributed by atoms with Crippen LogP contribution in [0.15, 0.2) is 18.2 Å². The molecule has 1 heterocycles. The Labute approximate surface area is 87.2 Å². The van der Waals surface area contributed by atoms with Gasteiger partial charge < -0.3 is 5.73 Å². The first-order chi connectivity index (χ1) is 6.74. The second kappa shape index (κ2) is 3.59. The van der Waals surface area contributed by atoms with E-state index in [-0.39, 0.29) is 0 Å². The lowest BCUT2D eigenvalue weighted by Crippen LogP contribution is -2.08. The predicted molar refractivity (Wildman–Crippen MR) is 58.6 cm³/mol. The monoisotopic (exact) mass is 209 g/mol. The minimum atomic E-state index is 0.300. The van der Waals surface area contributed by atoms with Crippen molar-refractivity contribution >= 4 is 22.5 Å². The minimum Gasteiger partial charge on any atom is -0.330 e. The third kappa shape index (κ3) is 1.38. The fourth-order valence-electron chi connectivity index (χ4n) is 1.59. The predicted octanol–water partition coefficient (Wildman–Crippen LogP) is 2.28. The van der Waals surface area contributed by atoms with Crippen molar-refractivity contribution in [2.75, 3.05) is 6.54 Å². The van der Waals surface area contributed by atoms with Gasteiger partial charge in [0, 0.05) is 5.39 Å². The van der Waals surface area contributed by atoms with Crippen LogP contribution in [0.4, 0.5) is 0 Å². The van der Waals surface area contributed by atoms with Crippen LogP contribution < -0.4 is 5.73 Å². The molecule has 3 N–H and O–H groups in total. The average Bonchev–Trinajstić information content (AvgIpc) is 2.59. The molecule has 1 unspecified atom stereocenters. The van der Waals surface area contributed by atoms with E-state index in [1.54, 1.807) is 0 Å². The Hall–Kier alpha value is -1.06. The average molecular weight is 210 g/mol. The summed E-state index contributed by atoms with van der Waals surface area (Å²) in [4.78, 5) is 0. The summed E-state index contributed by atoms with van der Waals surface area (Å²) in [5.41, 5.74) is 7.69. The van der Waals surface area contributed by atoms with Crippen molar-refractivity contribution < 1.29 is 0 Å². The van der Waals surface area contributed by atoms with Crippen LogP contribution in [0.5, 0.6) is 0 Å². The van der Waals surface area contributed by atoms with Crippen LogP contribution in [-0.2, 0) is 0 Å². The lowest BCUT2D eigenvalue weighted by atomic mass is 9.98. The Bertz CT molecular complexity index is 450. The molecule has 1 atom stereocenters. The van der Waals surface area contributed by atoms with Gasteiger partial charge in [-0.15, -0.1) is 0 Å². The van der Waals surface area contributed by atoms with Crippen LogP contribution in [-0.4, -0.2) is 16.7 Å². The molecule has 2 rings (SSSR count). The molecule has 4 heteroatoms. The minimum absolute atomic E-state index is 0.300. The Morgan fingerprint density at radius 3 is 3.07 bits per heavy atom. The molecule has 0 saturated carbocycles. The van der Waals surface area contributed by atoms with Gasteiger partial charge in [0.2, 0.25) is 0 Å². The summed E-state index contributed by atoms with van der Waals surface area (Å²) in [7, 11) is 0. The maximum atomic E-state index is 6.02. The third-order valence-corrected chi connectivity index (χ3v) is 2.73. The Morgan fingerprint density at radius 1 is 1.57 bits per heavy atom.